The molecule has 3 N–H and O–H groups in total. The fourth-order valence-corrected chi connectivity index (χ4v) is 5.45. The largest absolute Gasteiger partial charge is 0.507 e. The molecule has 2 aliphatic carbocycles. The Labute approximate surface area is 186 Å². The lowest BCUT2D eigenvalue weighted by Gasteiger charge is -2.49. The Bertz CT molecular complexity index is 1050. The number of hydrogen-bond acceptors (Lipinski definition) is 8. The number of phenols is 2. The van der Waals surface area contributed by atoms with Gasteiger partial charge in [0.1, 0.15) is 5.75 Å². The Morgan fingerprint density at radius 3 is 2.22 bits per heavy atom. The zero-order valence-corrected chi connectivity index (χ0v) is 19.3. The lowest BCUT2D eigenvalue weighted by atomic mass is 9.54. The van der Waals surface area contributed by atoms with Gasteiger partial charge in [-0.2, -0.15) is 0 Å². The smallest absolute Gasteiger partial charge is 0.308 e. The minimum Gasteiger partial charge on any atom is -0.507 e. The van der Waals surface area contributed by atoms with Crippen LogP contribution in [0.5, 0.6) is 17.2 Å². The Kier molecular flexibility index (Phi) is 5.78. The summed E-state index contributed by atoms with van der Waals surface area (Å²) in [6.45, 7) is 9.47. The fourth-order valence-electron chi connectivity index (χ4n) is 5.45. The SMILES string of the molecule is CC(=O)OC[C@H](C)c1c(O)c(OC(C)=O)c2c(c1O)C(=O)C(O)=C1C(C)(C)CCC[C@@]12C. The van der Waals surface area contributed by atoms with E-state index in [1.54, 1.807) is 6.92 Å². The number of esters is 2. The summed E-state index contributed by atoms with van der Waals surface area (Å²) >= 11 is 0. The fraction of sp³-hybridized carbons (Fsp3) is 0.542. The van der Waals surface area contributed by atoms with Crippen molar-refractivity contribution in [3.63, 3.8) is 0 Å². The second-order valence-electron chi connectivity index (χ2n) is 9.61. The minimum absolute atomic E-state index is 0.0930. The highest BCUT2D eigenvalue weighted by molar-refractivity contribution is 6.14. The van der Waals surface area contributed by atoms with Crippen LogP contribution >= 0.6 is 0 Å². The van der Waals surface area contributed by atoms with E-state index in [4.69, 9.17) is 9.47 Å². The van der Waals surface area contributed by atoms with E-state index in [0.29, 0.717) is 12.0 Å². The first-order valence-corrected chi connectivity index (χ1v) is 10.7. The molecule has 0 radical (unpaired) electrons. The Morgan fingerprint density at radius 1 is 1.03 bits per heavy atom. The van der Waals surface area contributed by atoms with Crippen molar-refractivity contribution >= 4 is 17.7 Å². The van der Waals surface area contributed by atoms with Crippen molar-refractivity contribution in [1.82, 2.24) is 0 Å². The number of ether oxygens (including phenoxy) is 2. The predicted molar refractivity (Wildman–Crippen MR) is 115 cm³/mol. The van der Waals surface area contributed by atoms with Crippen LogP contribution in [0.3, 0.4) is 0 Å². The number of allylic oxidation sites excluding steroid dienone is 2. The van der Waals surface area contributed by atoms with Gasteiger partial charge in [-0.25, -0.2) is 0 Å². The number of ketones is 1. The van der Waals surface area contributed by atoms with Crippen LogP contribution in [-0.2, 0) is 19.7 Å². The Balaban J connectivity index is 2.38. The van der Waals surface area contributed by atoms with Crippen molar-refractivity contribution in [2.45, 2.75) is 72.1 Å². The van der Waals surface area contributed by atoms with Crippen LogP contribution in [0.1, 0.15) is 88.2 Å². The van der Waals surface area contributed by atoms with E-state index in [1.807, 2.05) is 20.8 Å². The molecule has 0 heterocycles. The van der Waals surface area contributed by atoms with Gasteiger partial charge in [0.2, 0.25) is 5.78 Å². The highest BCUT2D eigenvalue weighted by Gasteiger charge is 2.53. The van der Waals surface area contributed by atoms with Crippen LogP contribution in [0.15, 0.2) is 11.3 Å². The molecule has 1 aromatic rings. The standard InChI is InChI=1S/C24H30O8/c1-11(10-31-12(2)25)14-17(27)15-16(21(19(14)29)32-13(3)26)24(6)9-7-8-23(4,5)22(24)20(30)18(15)28/h11,27,29-30H,7-10H2,1-6H3/t11-,24+/m0/s1. The number of Topliss-reactive ketones (excluding diaryl/α,β-unsaturated/α-hetero) is 1. The van der Waals surface area contributed by atoms with E-state index in [1.165, 1.54) is 13.8 Å². The zero-order valence-electron chi connectivity index (χ0n) is 19.3. The van der Waals surface area contributed by atoms with Gasteiger partial charge in [-0.3, -0.25) is 14.4 Å². The third-order valence-corrected chi connectivity index (χ3v) is 6.65. The Hall–Kier alpha value is -3.03. The van der Waals surface area contributed by atoms with Crippen molar-refractivity contribution in [3.05, 3.63) is 28.0 Å². The van der Waals surface area contributed by atoms with Gasteiger partial charge in [0.15, 0.2) is 17.3 Å². The molecule has 1 saturated carbocycles. The maximum Gasteiger partial charge on any atom is 0.308 e. The molecule has 0 aliphatic heterocycles. The van der Waals surface area contributed by atoms with Crippen LogP contribution in [0.2, 0.25) is 0 Å². The molecule has 0 aromatic heterocycles. The molecule has 0 saturated heterocycles. The molecule has 174 valence electrons. The normalized spacial score (nSPS) is 22.6. The van der Waals surface area contributed by atoms with Crippen LogP contribution in [0.25, 0.3) is 0 Å². The highest BCUT2D eigenvalue weighted by atomic mass is 16.5. The quantitative estimate of drug-likeness (QED) is 0.464. The zero-order chi connectivity index (χ0) is 24.2. The predicted octanol–water partition coefficient (Wildman–Crippen LogP) is 4.17. The number of carbonyl (C=O) groups excluding carboxylic acids is 3. The average molecular weight is 446 g/mol. The molecule has 8 heteroatoms. The van der Waals surface area contributed by atoms with Crippen LogP contribution in [0.4, 0.5) is 0 Å². The number of aromatic hydroxyl groups is 2. The number of phenolic OH excluding ortho intramolecular Hbond substituents is 2. The van der Waals surface area contributed by atoms with Gasteiger partial charge < -0.3 is 24.8 Å². The minimum atomic E-state index is -0.952. The molecule has 1 fully saturated rings. The molecule has 2 atom stereocenters. The third kappa shape index (κ3) is 3.51. The van der Waals surface area contributed by atoms with Gasteiger partial charge in [-0.15, -0.1) is 0 Å². The second-order valence-corrected chi connectivity index (χ2v) is 9.61. The first-order valence-electron chi connectivity index (χ1n) is 10.7. The lowest BCUT2D eigenvalue weighted by Crippen LogP contribution is -2.44. The van der Waals surface area contributed by atoms with E-state index in [2.05, 4.69) is 0 Å². The molecule has 8 nitrogen and oxygen atoms in total. The van der Waals surface area contributed by atoms with Crippen molar-refractivity contribution in [2.75, 3.05) is 6.61 Å². The molecule has 0 amide bonds. The number of rotatable bonds is 4. The molecular formula is C24H30O8. The summed E-state index contributed by atoms with van der Waals surface area (Å²) in [5.41, 5.74) is -1.08. The van der Waals surface area contributed by atoms with Gasteiger partial charge in [0.25, 0.3) is 0 Å². The second kappa shape index (κ2) is 7.83. The number of hydrogen-bond donors (Lipinski definition) is 3. The summed E-state index contributed by atoms with van der Waals surface area (Å²) in [7, 11) is 0. The number of aliphatic hydroxyl groups is 1. The molecule has 0 unspecified atom stereocenters. The van der Waals surface area contributed by atoms with Gasteiger partial charge in [0.05, 0.1) is 12.2 Å². The van der Waals surface area contributed by atoms with E-state index in [-0.39, 0.29) is 29.0 Å². The summed E-state index contributed by atoms with van der Waals surface area (Å²) in [6.07, 6.45) is 2.02. The first kappa shape index (κ1) is 23.6. The van der Waals surface area contributed by atoms with Gasteiger partial charge in [0, 0.05) is 36.3 Å². The maximum atomic E-state index is 13.3. The van der Waals surface area contributed by atoms with Gasteiger partial charge in [-0.05, 0) is 23.8 Å². The lowest BCUT2D eigenvalue weighted by molar-refractivity contribution is -0.141. The van der Waals surface area contributed by atoms with Gasteiger partial charge >= 0.3 is 11.9 Å². The molecule has 3 rings (SSSR count). The molecule has 32 heavy (non-hydrogen) atoms. The molecule has 1 aromatic carbocycles. The van der Waals surface area contributed by atoms with Crippen molar-refractivity contribution in [2.24, 2.45) is 5.41 Å². The summed E-state index contributed by atoms with van der Waals surface area (Å²) in [6, 6.07) is 0. The average Bonchev–Trinajstić information content (AvgIpc) is 2.65. The summed E-state index contributed by atoms with van der Waals surface area (Å²) in [5.74, 6) is -4.44. The van der Waals surface area contributed by atoms with Crippen molar-refractivity contribution < 1.29 is 39.2 Å². The van der Waals surface area contributed by atoms with Crippen LogP contribution in [-0.4, -0.2) is 39.6 Å². The van der Waals surface area contributed by atoms with Crippen molar-refractivity contribution in [3.8, 4) is 17.2 Å². The van der Waals surface area contributed by atoms with Crippen LogP contribution < -0.4 is 4.74 Å². The number of fused-ring (bicyclic) bond motifs is 3. The summed E-state index contributed by atoms with van der Waals surface area (Å²) < 4.78 is 10.4. The topological polar surface area (TPSA) is 130 Å². The molecule has 0 spiro atoms. The monoisotopic (exact) mass is 446 g/mol. The molecule has 0 bridgehead atoms. The highest BCUT2D eigenvalue weighted by Crippen LogP contribution is 2.61. The van der Waals surface area contributed by atoms with E-state index in [0.717, 1.165) is 12.8 Å². The van der Waals surface area contributed by atoms with E-state index in [9.17, 15) is 29.7 Å². The third-order valence-electron chi connectivity index (χ3n) is 6.65. The Morgan fingerprint density at radius 2 is 1.66 bits per heavy atom. The van der Waals surface area contributed by atoms with E-state index >= 15 is 0 Å². The number of aliphatic hydroxyl groups excluding tert-OH is 1. The number of carbonyl (C=O) groups is 3. The molecule has 2 aliphatic rings. The van der Waals surface area contributed by atoms with Crippen LogP contribution in [0, 0.1) is 5.41 Å². The maximum absolute atomic E-state index is 13.3. The van der Waals surface area contributed by atoms with E-state index < -0.39 is 51.7 Å². The summed E-state index contributed by atoms with van der Waals surface area (Å²) in [5, 5.41) is 33.2. The van der Waals surface area contributed by atoms with Crippen molar-refractivity contribution in [1.29, 1.82) is 0 Å². The summed E-state index contributed by atoms with van der Waals surface area (Å²) in [4.78, 5) is 36.5. The molecular weight excluding hydrogens is 416 g/mol. The van der Waals surface area contributed by atoms with Gasteiger partial charge in [-0.1, -0.05) is 34.1 Å². The number of benzene rings is 1. The first-order chi connectivity index (χ1) is 14.7.